The van der Waals surface area contributed by atoms with Crippen molar-refractivity contribution in [2.45, 2.75) is 20.3 Å². The summed E-state index contributed by atoms with van der Waals surface area (Å²) in [5.74, 6) is 1.58. The zero-order chi connectivity index (χ0) is 19.2. The summed E-state index contributed by atoms with van der Waals surface area (Å²) in [6.07, 6.45) is 2.62. The molecule has 0 radical (unpaired) electrons. The lowest BCUT2D eigenvalue weighted by Crippen LogP contribution is -2.17. The summed E-state index contributed by atoms with van der Waals surface area (Å²) in [6.45, 7) is 5.29. The Morgan fingerprint density at radius 3 is 2.52 bits per heavy atom. The SMILES string of the molecule is Cc1ccc(C)c(OCCCOc2ccc(/C=C3\SC(=S)NC3=O)cc2)c1. The molecule has 0 bridgehead atoms. The number of rotatable bonds is 7. The van der Waals surface area contributed by atoms with Crippen molar-refractivity contribution in [3.05, 3.63) is 64.1 Å². The number of aryl methyl sites for hydroxylation is 2. The zero-order valence-corrected chi connectivity index (χ0v) is 16.9. The summed E-state index contributed by atoms with van der Waals surface area (Å²) in [5, 5.41) is 2.61. The minimum absolute atomic E-state index is 0.144. The van der Waals surface area contributed by atoms with Gasteiger partial charge in [0.2, 0.25) is 0 Å². The molecular formula is C21H21NO3S2. The number of hydrogen-bond donors (Lipinski definition) is 1. The van der Waals surface area contributed by atoms with E-state index in [1.165, 1.54) is 17.3 Å². The van der Waals surface area contributed by atoms with Crippen LogP contribution < -0.4 is 14.8 Å². The molecule has 0 unspecified atom stereocenters. The predicted molar refractivity (Wildman–Crippen MR) is 114 cm³/mol. The maximum absolute atomic E-state index is 11.7. The zero-order valence-electron chi connectivity index (χ0n) is 15.3. The molecule has 0 saturated carbocycles. The number of ether oxygens (including phenoxy) is 2. The van der Waals surface area contributed by atoms with Gasteiger partial charge in [0, 0.05) is 6.42 Å². The molecule has 1 fully saturated rings. The first kappa shape index (κ1) is 19.5. The number of carbonyl (C=O) groups is 1. The summed E-state index contributed by atoms with van der Waals surface area (Å²) in [6, 6.07) is 13.8. The molecular weight excluding hydrogens is 378 g/mol. The molecule has 27 heavy (non-hydrogen) atoms. The lowest BCUT2D eigenvalue weighted by Gasteiger charge is -2.10. The highest BCUT2D eigenvalue weighted by Gasteiger charge is 2.21. The molecule has 1 aliphatic heterocycles. The Balaban J connectivity index is 1.44. The van der Waals surface area contributed by atoms with E-state index < -0.39 is 0 Å². The van der Waals surface area contributed by atoms with E-state index in [-0.39, 0.29) is 5.91 Å². The molecule has 0 atom stereocenters. The standard InChI is InChI=1S/C21H21NO3S2/c1-14-4-5-15(2)18(12-14)25-11-3-10-24-17-8-6-16(7-9-17)13-19-20(23)22-21(26)27-19/h4-9,12-13H,3,10-11H2,1-2H3,(H,22,23,26)/b19-13-. The van der Waals surface area contributed by atoms with E-state index in [9.17, 15) is 4.79 Å². The van der Waals surface area contributed by atoms with Crippen LogP contribution in [0.2, 0.25) is 0 Å². The van der Waals surface area contributed by atoms with Gasteiger partial charge in [-0.05, 0) is 54.8 Å². The maximum Gasteiger partial charge on any atom is 0.263 e. The van der Waals surface area contributed by atoms with Crippen LogP contribution in [0.5, 0.6) is 11.5 Å². The van der Waals surface area contributed by atoms with Crippen LogP contribution in [0.25, 0.3) is 6.08 Å². The lowest BCUT2D eigenvalue weighted by molar-refractivity contribution is -0.115. The predicted octanol–water partition coefficient (Wildman–Crippen LogP) is 4.64. The van der Waals surface area contributed by atoms with Gasteiger partial charge in [-0.2, -0.15) is 0 Å². The molecule has 0 spiro atoms. The second-order valence-electron chi connectivity index (χ2n) is 6.24. The number of thiocarbonyl (C=S) groups is 1. The molecule has 4 nitrogen and oxygen atoms in total. The molecule has 3 rings (SSSR count). The first-order chi connectivity index (χ1) is 13.0. The average Bonchev–Trinajstić information content (AvgIpc) is 2.96. The highest BCUT2D eigenvalue weighted by molar-refractivity contribution is 8.26. The van der Waals surface area contributed by atoms with Gasteiger partial charge >= 0.3 is 0 Å². The van der Waals surface area contributed by atoms with Crippen molar-refractivity contribution >= 4 is 40.3 Å². The smallest absolute Gasteiger partial charge is 0.263 e. The van der Waals surface area contributed by atoms with Gasteiger partial charge in [-0.1, -0.05) is 48.2 Å². The highest BCUT2D eigenvalue weighted by Crippen LogP contribution is 2.26. The van der Waals surface area contributed by atoms with Crippen molar-refractivity contribution in [2.24, 2.45) is 0 Å². The Kier molecular flexibility index (Phi) is 6.53. The number of benzene rings is 2. The maximum atomic E-state index is 11.7. The normalized spacial score (nSPS) is 15.1. The molecule has 140 valence electrons. The molecule has 1 amide bonds. The monoisotopic (exact) mass is 399 g/mol. The summed E-state index contributed by atoms with van der Waals surface area (Å²) in [5.41, 5.74) is 3.27. The van der Waals surface area contributed by atoms with Crippen molar-refractivity contribution < 1.29 is 14.3 Å². The lowest BCUT2D eigenvalue weighted by atomic mass is 10.1. The van der Waals surface area contributed by atoms with Crippen molar-refractivity contribution in [1.82, 2.24) is 5.32 Å². The van der Waals surface area contributed by atoms with Crippen LogP contribution in [0.3, 0.4) is 0 Å². The summed E-state index contributed by atoms with van der Waals surface area (Å²) in [4.78, 5) is 12.3. The topological polar surface area (TPSA) is 47.6 Å². The van der Waals surface area contributed by atoms with Gasteiger partial charge in [-0.25, -0.2) is 0 Å². The van der Waals surface area contributed by atoms with Gasteiger partial charge in [0.15, 0.2) is 0 Å². The first-order valence-corrected chi connectivity index (χ1v) is 9.91. The van der Waals surface area contributed by atoms with E-state index >= 15 is 0 Å². The number of thioether (sulfide) groups is 1. The van der Waals surface area contributed by atoms with E-state index in [0.29, 0.717) is 22.4 Å². The Hall–Kier alpha value is -2.31. The second kappa shape index (κ2) is 9.06. The highest BCUT2D eigenvalue weighted by atomic mass is 32.2. The molecule has 2 aromatic carbocycles. The molecule has 1 heterocycles. The van der Waals surface area contributed by atoms with Gasteiger partial charge in [-0.3, -0.25) is 4.79 Å². The van der Waals surface area contributed by atoms with Crippen molar-refractivity contribution in [2.75, 3.05) is 13.2 Å². The number of nitrogens with one attached hydrogen (secondary N) is 1. The van der Waals surface area contributed by atoms with Crippen LogP contribution in [0, 0.1) is 13.8 Å². The number of carbonyl (C=O) groups excluding carboxylic acids is 1. The molecule has 2 aromatic rings. The molecule has 0 aromatic heterocycles. The van der Waals surface area contributed by atoms with E-state index in [1.807, 2.05) is 37.3 Å². The van der Waals surface area contributed by atoms with E-state index in [2.05, 4.69) is 30.4 Å². The fraction of sp³-hybridized carbons (Fsp3) is 0.238. The molecule has 6 heteroatoms. The molecule has 1 saturated heterocycles. The minimum atomic E-state index is -0.144. The summed E-state index contributed by atoms with van der Waals surface area (Å²) in [7, 11) is 0. The van der Waals surface area contributed by atoms with E-state index in [0.717, 1.165) is 29.0 Å². The molecule has 1 aliphatic rings. The fourth-order valence-electron chi connectivity index (χ4n) is 2.53. The summed E-state index contributed by atoms with van der Waals surface area (Å²) < 4.78 is 12.1. The Bertz CT molecular complexity index is 875. The van der Waals surface area contributed by atoms with Crippen molar-refractivity contribution in [3.63, 3.8) is 0 Å². The molecule has 0 aliphatic carbocycles. The van der Waals surface area contributed by atoms with Gasteiger partial charge in [-0.15, -0.1) is 0 Å². The van der Waals surface area contributed by atoms with Crippen LogP contribution in [0.4, 0.5) is 0 Å². The van der Waals surface area contributed by atoms with Crippen LogP contribution >= 0.6 is 24.0 Å². The van der Waals surface area contributed by atoms with Crippen LogP contribution in [-0.4, -0.2) is 23.4 Å². The van der Waals surface area contributed by atoms with Crippen LogP contribution in [-0.2, 0) is 4.79 Å². The average molecular weight is 400 g/mol. The fourth-order valence-corrected chi connectivity index (χ4v) is 3.57. The van der Waals surface area contributed by atoms with Crippen molar-refractivity contribution in [3.8, 4) is 11.5 Å². The van der Waals surface area contributed by atoms with Gasteiger partial charge < -0.3 is 14.8 Å². The third kappa shape index (κ3) is 5.58. The van der Waals surface area contributed by atoms with E-state index in [4.69, 9.17) is 21.7 Å². The number of hydrogen-bond acceptors (Lipinski definition) is 5. The number of amides is 1. The summed E-state index contributed by atoms with van der Waals surface area (Å²) >= 11 is 6.26. The van der Waals surface area contributed by atoms with E-state index in [1.54, 1.807) is 0 Å². The minimum Gasteiger partial charge on any atom is -0.493 e. The van der Waals surface area contributed by atoms with Crippen LogP contribution in [0.15, 0.2) is 47.4 Å². The van der Waals surface area contributed by atoms with Gasteiger partial charge in [0.1, 0.15) is 15.8 Å². The quantitative estimate of drug-likeness (QED) is 0.418. The Labute approximate surface area is 168 Å². The van der Waals surface area contributed by atoms with Gasteiger partial charge in [0.05, 0.1) is 18.1 Å². The third-order valence-corrected chi connectivity index (χ3v) is 5.14. The van der Waals surface area contributed by atoms with Crippen LogP contribution in [0.1, 0.15) is 23.1 Å². The Morgan fingerprint density at radius 1 is 1.07 bits per heavy atom. The Morgan fingerprint density at radius 2 is 1.81 bits per heavy atom. The second-order valence-corrected chi connectivity index (χ2v) is 7.96. The first-order valence-electron chi connectivity index (χ1n) is 8.69. The van der Waals surface area contributed by atoms with Crippen molar-refractivity contribution in [1.29, 1.82) is 0 Å². The van der Waals surface area contributed by atoms with Gasteiger partial charge in [0.25, 0.3) is 5.91 Å². The third-order valence-electron chi connectivity index (χ3n) is 3.98. The largest absolute Gasteiger partial charge is 0.493 e. The molecule has 1 N–H and O–H groups in total.